The second-order valence-corrected chi connectivity index (χ2v) is 3.80. The Kier molecular flexibility index (Phi) is 2.11. The first-order valence-electron chi connectivity index (χ1n) is 3.87. The summed E-state index contributed by atoms with van der Waals surface area (Å²) in [5, 5.41) is 0. The SMILES string of the molecule is CC(C)(C)n1cc(F)c(N)nc1=O. The quantitative estimate of drug-likeness (QED) is 0.647. The Bertz CT molecular complexity index is 378. The number of nitrogen functional groups attached to an aromatic ring is 1. The minimum atomic E-state index is -0.672. The highest BCUT2D eigenvalue weighted by Crippen LogP contribution is 2.12. The number of hydrogen-bond donors (Lipinski definition) is 1. The van der Waals surface area contributed by atoms with Crippen LogP contribution in [-0.4, -0.2) is 9.55 Å². The van der Waals surface area contributed by atoms with Crippen molar-refractivity contribution in [2.45, 2.75) is 26.3 Å². The summed E-state index contributed by atoms with van der Waals surface area (Å²) in [7, 11) is 0. The molecule has 0 unspecified atom stereocenters. The zero-order chi connectivity index (χ0) is 10.2. The summed E-state index contributed by atoms with van der Waals surface area (Å²) in [6.45, 7) is 5.35. The van der Waals surface area contributed by atoms with Gasteiger partial charge in [0.2, 0.25) is 0 Å². The maximum atomic E-state index is 12.9. The Hall–Kier alpha value is -1.39. The topological polar surface area (TPSA) is 60.9 Å². The molecule has 1 aromatic heterocycles. The number of halogens is 1. The van der Waals surface area contributed by atoms with Gasteiger partial charge in [0, 0.05) is 11.7 Å². The van der Waals surface area contributed by atoms with Crippen molar-refractivity contribution in [3.05, 3.63) is 22.5 Å². The summed E-state index contributed by atoms with van der Waals surface area (Å²) in [5.74, 6) is -1.03. The van der Waals surface area contributed by atoms with E-state index in [4.69, 9.17) is 5.73 Å². The molecular formula is C8H12FN3O. The van der Waals surface area contributed by atoms with E-state index in [9.17, 15) is 9.18 Å². The number of nitrogens with two attached hydrogens (primary N) is 1. The lowest BCUT2D eigenvalue weighted by Gasteiger charge is -2.21. The van der Waals surface area contributed by atoms with Crippen molar-refractivity contribution in [3.8, 4) is 0 Å². The van der Waals surface area contributed by atoms with Crippen molar-refractivity contribution in [2.75, 3.05) is 5.73 Å². The molecule has 1 rings (SSSR count). The highest BCUT2D eigenvalue weighted by molar-refractivity contribution is 5.26. The van der Waals surface area contributed by atoms with E-state index in [2.05, 4.69) is 4.98 Å². The van der Waals surface area contributed by atoms with Gasteiger partial charge in [-0.05, 0) is 20.8 Å². The summed E-state index contributed by atoms with van der Waals surface area (Å²) >= 11 is 0. The van der Waals surface area contributed by atoms with Gasteiger partial charge >= 0.3 is 5.69 Å². The predicted octanol–water partition coefficient (Wildman–Crippen LogP) is 0.720. The maximum Gasteiger partial charge on any atom is 0.350 e. The van der Waals surface area contributed by atoms with E-state index in [1.165, 1.54) is 4.57 Å². The number of anilines is 1. The van der Waals surface area contributed by atoms with Crippen LogP contribution in [0.1, 0.15) is 20.8 Å². The molecule has 0 bridgehead atoms. The molecule has 0 aliphatic heterocycles. The zero-order valence-electron chi connectivity index (χ0n) is 7.84. The normalized spacial score (nSPS) is 11.7. The third-order valence-corrected chi connectivity index (χ3v) is 1.63. The molecule has 0 amide bonds. The molecule has 5 heteroatoms. The number of nitrogens with zero attached hydrogens (tertiary/aromatic N) is 2. The average Bonchev–Trinajstić information content (AvgIpc) is 1.94. The van der Waals surface area contributed by atoms with Crippen molar-refractivity contribution in [3.63, 3.8) is 0 Å². The standard InChI is InChI=1S/C8H12FN3O/c1-8(2,3)12-4-5(9)6(10)11-7(12)13/h4H,1-3H3,(H2,10,11,13). The van der Waals surface area contributed by atoms with E-state index in [-0.39, 0.29) is 5.82 Å². The summed E-state index contributed by atoms with van der Waals surface area (Å²) < 4.78 is 14.1. The Labute approximate surface area is 75.2 Å². The van der Waals surface area contributed by atoms with Crippen LogP contribution in [0.4, 0.5) is 10.2 Å². The van der Waals surface area contributed by atoms with Gasteiger partial charge in [0.25, 0.3) is 0 Å². The van der Waals surface area contributed by atoms with Crippen molar-refractivity contribution in [2.24, 2.45) is 0 Å². The van der Waals surface area contributed by atoms with Crippen LogP contribution in [0.5, 0.6) is 0 Å². The third-order valence-electron chi connectivity index (χ3n) is 1.63. The second-order valence-electron chi connectivity index (χ2n) is 3.80. The van der Waals surface area contributed by atoms with Gasteiger partial charge in [-0.1, -0.05) is 0 Å². The van der Waals surface area contributed by atoms with Gasteiger partial charge in [-0.15, -0.1) is 0 Å². The highest BCUT2D eigenvalue weighted by atomic mass is 19.1. The van der Waals surface area contributed by atoms with Crippen molar-refractivity contribution in [1.29, 1.82) is 0 Å². The van der Waals surface area contributed by atoms with Crippen molar-refractivity contribution >= 4 is 5.82 Å². The van der Waals surface area contributed by atoms with Gasteiger partial charge in [0.15, 0.2) is 11.6 Å². The molecule has 0 aliphatic rings. The van der Waals surface area contributed by atoms with Gasteiger partial charge in [-0.2, -0.15) is 4.98 Å². The minimum Gasteiger partial charge on any atom is -0.381 e. The van der Waals surface area contributed by atoms with Crippen LogP contribution in [0, 0.1) is 5.82 Å². The van der Waals surface area contributed by atoms with Crippen molar-refractivity contribution in [1.82, 2.24) is 9.55 Å². The number of rotatable bonds is 0. The van der Waals surface area contributed by atoms with Gasteiger partial charge in [-0.25, -0.2) is 9.18 Å². The summed E-state index contributed by atoms with van der Waals surface area (Å²) in [6.07, 6.45) is 1.07. The molecule has 0 spiro atoms. The monoisotopic (exact) mass is 185 g/mol. The fourth-order valence-electron chi connectivity index (χ4n) is 0.926. The van der Waals surface area contributed by atoms with E-state index < -0.39 is 17.0 Å². The van der Waals surface area contributed by atoms with Crippen LogP contribution >= 0.6 is 0 Å². The third kappa shape index (κ3) is 1.85. The van der Waals surface area contributed by atoms with Gasteiger partial charge in [0.1, 0.15) is 0 Å². The molecule has 0 atom stereocenters. The predicted molar refractivity (Wildman–Crippen MR) is 47.9 cm³/mol. The van der Waals surface area contributed by atoms with Crippen LogP contribution in [0.25, 0.3) is 0 Å². The van der Waals surface area contributed by atoms with E-state index in [0.717, 1.165) is 6.20 Å². The lowest BCUT2D eigenvalue weighted by Crippen LogP contribution is -2.35. The minimum absolute atomic E-state index is 0.356. The lowest BCUT2D eigenvalue weighted by molar-refractivity contribution is 0.368. The molecule has 1 heterocycles. The van der Waals surface area contributed by atoms with Crippen LogP contribution in [-0.2, 0) is 5.54 Å². The first-order valence-corrected chi connectivity index (χ1v) is 3.87. The molecule has 0 fully saturated rings. The first-order chi connectivity index (χ1) is 5.82. The second kappa shape index (κ2) is 2.83. The summed E-state index contributed by atoms with van der Waals surface area (Å²) in [4.78, 5) is 14.6. The maximum absolute atomic E-state index is 12.9. The fourth-order valence-corrected chi connectivity index (χ4v) is 0.926. The van der Waals surface area contributed by atoms with Crippen LogP contribution in [0.15, 0.2) is 11.0 Å². The Balaban J connectivity index is 3.41. The van der Waals surface area contributed by atoms with Gasteiger partial charge < -0.3 is 5.73 Å². The molecule has 13 heavy (non-hydrogen) atoms. The first kappa shape index (κ1) is 9.70. The lowest BCUT2D eigenvalue weighted by atomic mass is 10.1. The molecule has 0 radical (unpaired) electrons. The van der Waals surface area contributed by atoms with Crippen LogP contribution < -0.4 is 11.4 Å². The average molecular weight is 185 g/mol. The number of hydrogen-bond acceptors (Lipinski definition) is 3. The molecule has 2 N–H and O–H groups in total. The zero-order valence-corrected chi connectivity index (χ0v) is 7.84. The molecule has 0 saturated heterocycles. The van der Waals surface area contributed by atoms with E-state index in [0.29, 0.717) is 0 Å². The molecule has 0 saturated carbocycles. The fraction of sp³-hybridized carbons (Fsp3) is 0.500. The largest absolute Gasteiger partial charge is 0.381 e. The van der Waals surface area contributed by atoms with Gasteiger partial charge in [0.05, 0.1) is 0 Å². The van der Waals surface area contributed by atoms with E-state index in [1.54, 1.807) is 20.8 Å². The van der Waals surface area contributed by atoms with Crippen LogP contribution in [0.3, 0.4) is 0 Å². The molecular weight excluding hydrogens is 173 g/mol. The molecule has 4 nitrogen and oxygen atoms in total. The molecule has 1 aromatic rings. The molecule has 72 valence electrons. The molecule has 0 aliphatic carbocycles. The van der Waals surface area contributed by atoms with Gasteiger partial charge in [-0.3, -0.25) is 4.57 Å². The Morgan fingerprint density at radius 1 is 1.54 bits per heavy atom. The Morgan fingerprint density at radius 2 is 2.08 bits per heavy atom. The van der Waals surface area contributed by atoms with Crippen LogP contribution in [0.2, 0.25) is 0 Å². The van der Waals surface area contributed by atoms with E-state index in [1.807, 2.05) is 0 Å². The van der Waals surface area contributed by atoms with E-state index >= 15 is 0 Å². The molecule has 0 aromatic carbocycles. The number of aromatic nitrogens is 2. The summed E-state index contributed by atoms with van der Waals surface area (Å²) in [6, 6.07) is 0. The van der Waals surface area contributed by atoms with Crippen molar-refractivity contribution < 1.29 is 4.39 Å². The Morgan fingerprint density at radius 3 is 2.54 bits per heavy atom. The summed E-state index contributed by atoms with van der Waals surface area (Å²) in [5.41, 5.74) is 4.11. The smallest absolute Gasteiger partial charge is 0.350 e. The highest BCUT2D eigenvalue weighted by Gasteiger charge is 2.16.